The second kappa shape index (κ2) is 8.36. The Bertz CT molecular complexity index is 1290. The highest BCUT2D eigenvalue weighted by atomic mass is 16.5. The summed E-state index contributed by atoms with van der Waals surface area (Å²) in [6.45, 7) is 0. The van der Waals surface area contributed by atoms with Crippen LogP contribution in [0.2, 0.25) is 0 Å². The maximum absolute atomic E-state index is 12.5. The number of nitrogens with zero attached hydrogens (tertiary/aromatic N) is 1. The summed E-state index contributed by atoms with van der Waals surface area (Å²) in [5.41, 5.74) is 3.33. The number of carbonyl (C=O) groups excluding carboxylic acids is 1. The Morgan fingerprint density at radius 2 is 1.65 bits per heavy atom. The maximum atomic E-state index is 12.5. The van der Waals surface area contributed by atoms with E-state index in [2.05, 4.69) is 5.32 Å². The molecule has 156 valence electrons. The second-order valence-electron chi connectivity index (χ2n) is 7.31. The van der Waals surface area contributed by atoms with Gasteiger partial charge in [0.2, 0.25) is 0 Å². The number of ether oxygens (including phenoxy) is 1. The Hall–Kier alpha value is -4.06. The van der Waals surface area contributed by atoms with Gasteiger partial charge in [-0.05, 0) is 66.7 Å². The van der Waals surface area contributed by atoms with Crippen LogP contribution < -0.4 is 20.4 Å². The van der Waals surface area contributed by atoms with Crippen molar-refractivity contribution < 1.29 is 13.9 Å². The number of nitrogens with one attached hydrogen (secondary N) is 1. The minimum Gasteiger partial charge on any atom is -0.497 e. The summed E-state index contributed by atoms with van der Waals surface area (Å²) in [4.78, 5) is 27.0. The van der Waals surface area contributed by atoms with Gasteiger partial charge in [0.25, 0.3) is 5.91 Å². The third-order valence-electron chi connectivity index (χ3n) is 5.01. The molecule has 0 unspecified atom stereocenters. The lowest BCUT2D eigenvalue weighted by molar-refractivity contribution is 0.102. The molecule has 0 fully saturated rings. The molecule has 0 spiro atoms. The molecule has 3 aromatic carbocycles. The van der Waals surface area contributed by atoms with E-state index in [-0.39, 0.29) is 11.3 Å². The quantitative estimate of drug-likeness (QED) is 0.509. The summed E-state index contributed by atoms with van der Waals surface area (Å²) in [6.07, 6.45) is 0. The molecule has 0 radical (unpaired) electrons. The molecular formula is C25H22N2O4. The van der Waals surface area contributed by atoms with Crippen LogP contribution in [-0.2, 0) is 0 Å². The molecule has 0 saturated heterocycles. The molecule has 0 atom stereocenters. The van der Waals surface area contributed by atoms with Crippen LogP contribution in [0.1, 0.15) is 10.4 Å². The van der Waals surface area contributed by atoms with E-state index in [4.69, 9.17) is 9.15 Å². The molecule has 0 bridgehead atoms. The van der Waals surface area contributed by atoms with Crippen molar-refractivity contribution in [1.82, 2.24) is 0 Å². The van der Waals surface area contributed by atoms with Crippen LogP contribution in [0.25, 0.3) is 22.3 Å². The number of amides is 1. The first-order valence-corrected chi connectivity index (χ1v) is 9.76. The zero-order chi connectivity index (χ0) is 22.0. The summed E-state index contributed by atoms with van der Waals surface area (Å²) >= 11 is 0. The average molecular weight is 414 g/mol. The van der Waals surface area contributed by atoms with Crippen LogP contribution in [-0.4, -0.2) is 27.1 Å². The first-order valence-electron chi connectivity index (χ1n) is 9.76. The molecule has 1 heterocycles. The Labute approximate surface area is 179 Å². The summed E-state index contributed by atoms with van der Waals surface area (Å²) < 4.78 is 11.1. The van der Waals surface area contributed by atoms with Gasteiger partial charge in [-0.3, -0.25) is 9.59 Å². The maximum Gasteiger partial charge on any atom is 0.255 e. The first-order chi connectivity index (χ1) is 14.9. The van der Waals surface area contributed by atoms with Crippen LogP contribution in [0.5, 0.6) is 5.75 Å². The van der Waals surface area contributed by atoms with Crippen molar-refractivity contribution in [3.63, 3.8) is 0 Å². The van der Waals surface area contributed by atoms with Crippen molar-refractivity contribution in [2.45, 2.75) is 0 Å². The highest BCUT2D eigenvalue weighted by Gasteiger charge is 2.10. The van der Waals surface area contributed by atoms with E-state index in [1.165, 1.54) is 6.07 Å². The summed E-state index contributed by atoms with van der Waals surface area (Å²) in [5, 5.41) is 3.35. The fourth-order valence-electron chi connectivity index (χ4n) is 3.24. The van der Waals surface area contributed by atoms with Crippen LogP contribution in [0, 0.1) is 0 Å². The fourth-order valence-corrected chi connectivity index (χ4v) is 3.24. The fraction of sp³-hybridized carbons (Fsp3) is 0.120. The predicted molar refractivity (Wildman–Crippen MR) is 123 cm³/mol. The van der Waals surface area contributed by atoms with Crippen LogP contribution in [0.3, 0.4) is 0 Å². The molecule has 0 aliphatic heterocycles. The van der Waals surface area contributed by atoms with E-state index in [0.29, 0.717) is 33.7 Å². The molecule has 31 heavy (non-hydrogen) atoms. The molecule has 6 heteroatoms. The Morgan fingerprint density at radius 1 is 0.935 bits per heavy atom. The van der Waals surface area contributed by atoms with Crippen LogP contribution in [0.4, 0.5) is 11.4 Å². The van der Waals surface area contributed by atoms with Gasteiger partial charge in [-0.2, -0.15) is 0 Å². The normalized spacial score (nSPS) is 10.7. The van der Waals surface area contributed by atoms with Crippen LogP contribution in [0.15, 0.2) is 82.0 Å². The molecule has 6 nitrogen and oxygen atoms in total. The van der Waals surface area contributed by atoms with Crippen molar-refractivity contribution >= 4 is 28.3 Å². The number of methoxy groups -OCH3 is 1. The van der Waals surface area contributed by atoms with E-state index in [1.807, 2.05) is 31.1 Å². The van der Waals surface area contributed by atoms with Gasteiger partial charge in [-0.1, -0.05) is 0 Å². The minimum atomic E-state index is -0.191. The Morgan fingerprint density at radius 3 is 2.29 bits per heavy atom. The van der Waals surface area contributed by atoms with E-state index in [9.17, 15) is 9.59 Å². The molecule has 4 rings (SSSR count). The highest BCUT2D eigenvalue weighted by Crippen LogP contribution is 2.26. The van der Waals surface area contributed by atoms with Crippen LogP contribution >= 0.6 is 0 Å². The number of benzene rings is 3. The lowest BCUT2D eigenvalue weighted by Gasteiger charge is -2.12. The number of carbonyl (C=O) groups is 1. The van der Waals surface area contributed by atoms with E-state index in [1.54, 1.807) is 61.7 Å². The molecule has 1 N–H and O–H groups in total. The number of fused-ring (bicyclic) bond motifs is 1. The molecule has 0 aliphatic carbocycles. The van der Waals surface area contributed by atoms with Gasteiger partial charge in [0.1, 0.15) is 17.1 Å². The third kappa shape index (κ3) is 4.28. The first kappa shape index (κ1) is 20.2. The van der Waals surface area contributed by atoms with E-state index in [0.717, 1.165) is 11.3 Å². The van der Waals surface area contributed by atoms with Crippen molar-refractivity contribution in [2.75, 3.05) is 31.4 Å². The number of rotatable bonds is 5. The Kier molecular flexibility index (Phi) is 5.45. The SMILES string of the molecule is COc1ccc2oc(-c3ccc(NC(=O)c4ccc(N(C)C)cc4)cc3)cc(=O)c2c1. The van der Waals surface area contributed by atoms with Gasteiger partial charge in [0, 0.05) is 42.7 Å². The van der Waals surface area contributed by atoms with Gasteiger partial charge in [-0.15, -0.1) is 0 Å². The third-order valence-corrected chi connectivity index (χ3v) is 5.01. The molecule has 0 saturated carbocycles. The lowest BCUT2D eigenvalue weighted by Crippen LogP contribution is -2.13. The van der Waals surface area contributed by atoms with Crippen molar-refractivity contribution in [1.29, 1.82) is 0 Å². The van der Waals surface area contributed by atoms with E-state index < -0.39 is 0 Å². The van der Waals surface area contributed by atoms with Gasteiger partial charge >= 0.3 is 0 Å². The second-order valence-corrected chi connectivity index (χ2v) is 7.31. The average Bonchev–Trinajstić information content (AvgIpc) is 2.79. The Balaban J connectivity index is 1.54. The lowest BCUT2D eigenvalue weighted by atomic mass is 10.1. The summed E-state index contributed by atoms with van der Waals surface area (Å²) in [7, 11) is 5.45. The molecule has 1 aromatic heterocycles. The molecular weight excluding hydrogens is 392 g/mol. The number of anilines is 2. The predicted octanol–water partition coefficient (Wildman–Crippen LogP) is 4.79. The van der Waals surface area contributed by atoms with Gasteiger partial charge in [0.15, 0.2) is 5.43 Å². The van der Waals surface area contributed by atoms with Crippen molar-refractivity contribution in [3.8, 4) is 17.1 Å². The zero-order valence-electron chi connectivity index (χ0n) is 17.5. The minimum absolute atomic E-state index is 0.145. The standard InChI is InChI=1S/C25H22N2O4/c1-27(2)19-10-6-17(7-11-19)25(29)26-18-8-4-16(5-9-18)24-15-22(28)21-14-20(30-3)12-13-23(21)31-24/h4-15H,1-3H3,(H,26,29). The number of hydrogen-bond acceptors (Lipinski definition) is 5. The highest BCUT2D eigenvalue weighted by molar-refractivity contribution is 6.04. The summed E-state index contributed by atoms with van der Waals surface area (Å²) in [5.74, 6) is 0.869. The van der Waals surface area contributed by atoms with Crippen molar-refractivity contribution in [2.24, 2.45) is 0 Å². The van der Waals surface area contributed by atoms with Gasteiger partial charge in [0.05, 0.1) is 12.5 Å². The van der Waals surface area contributed by atoms with Gasteiger partial charge in [-0.25, -0.2) is 0 Å². The van der Waals surface area contributed by atoms with Crippen molar-refractivity contribution in [3.05, 3.63) is 88.6 Å². The molecule has 0 aliphatic rings. The topological polar surface area (TPSA) is 71.8 Å². The molecule has 4 aromatic rings. The van der Waals surface area contributed by atoms with Gasteiger partial charge < -0.3 is 19.4 Å². The number of hydrogen-bond donors (Lipinski definition) is 1. The molecule has 1 amide bonds. The van der Waals surface area contributed by atoms with E-state index >= 15 is 0 Å². The monoisotopic (exact) mass is 414 g/mol. The summed E-state index contributed by atoms with van der Waals surface area (Å²) in [6, 6.07) is 21.1. The zero-order valence-corrected chi connectivity index (χ0v) is 17.5. The smallest absolute Gasteiger partial charge is 0.255 e. The largest absolute Gasteiger partial charge is 0.497 e.